The molecular formula is C12H10F4O. The predicted molar refractivity (Wildman–Crippen MR) is 53.3 cm³/mol. The van der Waals surface area contributed by atoms with Crippen molar-refractivity contribution in [3.8, 4) is 0 Å². The molecule has 1 saturated carbocycles. The van der Waals surface area contributed by atoms with E-state index in [2.05, 4.69) is 0 Å². The number of alkyl halides is 4. The van der Waals surface area contributed by atoms with Crippen molar-refractivity contribution in [1.82, 2.24) is 0 Å². The average Bonchev–Trinajstić information content (AvgIpc) is 2.23. The highest BCUT2D eigenvalue weighted by molar-refractivity contribution is 5.70. The van der Waals surface area contributed by atoms with Crippen molar-refractivity contribution in [2.75, 3.05) is 0 Å². The van der Waals surface area contributed by atoms with Crippen molar-refractivity contribution in [3.05, 3.63) is 35.4 Å². The van der Waals surface area contributed by atoms with Gasteiger partial charge in [0.1, 0.15) is 12.5 Å². The Morgan fingerprint density at radius 3 is 2.06 bits per heavy atom. The summed E-state index contributed by atoms with van der Waals surface area (Å²) in [6.45, 7) is 0. The van der Waals surface area contributed by atoms with Crippen molar-refractivity contribution in [1.29, 1.82) is 0 Å². The van der Waals surface area contributed by atoms with Crippen LogP contribution in [-0.4, -0.2) is 12.5 Å². The molecule has 0 radical (unpaired) electrons. The molecule has 0 spiro atoms. The number of hydrogen-bond donors (Lipinski definition) is 0. The van der Waals surface area contributed by atoms with Gasteiger partial charge in [0.05, 0.1) is 11.0 Å². The summed E-state index contributed by atoms with van der Waals surface area (Å²) in [5, 5.41) is 0. The Bertz CT molecular complexity index is 415. The summed E-state index contributed by atoms with van der Waals surface area (Å²) in [7, 11) is 0. The molecule has 1 fully saturated rings. The summed E-state index contributed by atoms with van der Waals surface area (Å²) in [5.74, 6) is 0. The van der Waals surface area contributed by atoms with E-state index >= 15 is 0 Å². The van der Waals surface area contributed by atoms with Crippen LogP contribution >= 0.6 is 0 Å². The molecule has 0 unspecified atom stereocenters. The van der Waals surface area contributed by atoms with Crippen molar-refractivity contribution in [2.45, 2.75) is 30.6 Å². The number of rotatable bonds is 2. The van der Waals surface area contributed by atoms with Crippen LogP contribution in [-0.2, 0) is 16.4 Å². The fourth-order valence-electron chi connectivity index (χ4n) is 2.12. The summed E-state index contributed by atoms with van der Waals surface area (Å²) in [5.41, 5.74) is -1.24. The number of hydrogen-bond acceptors (Lipinski definition) is 1. The molecule has 1 aliphatic rings. The minimum Gasteiger partial charge on any atom is -0.302 e. The van der Waals surface area contributed by atoms with Gasteiger partial charge in [-0.25, -0.2) is 4.39 Å². The lowest BCUT2D eigenvalue weighted by molar-refractivity contribution is -0.137. The maximum Gasteiger partial charge on any atom is 0.416 e. The Labute approximate surface area is 95.4 Å². The third kappa shape index (κ3) is 2.06. The molecule has 0 N–H and O–H groups in total. The predicted octanol–water partition coefficient (Wildman–Crippen LogP) is 3.27. The molecule has 2 rings (SSSR count). The molecule has 1 aromatic rings. The molecule has 1 aromatic carbocycles. The van der Waals surface area contributed by atoms with Gasteiger partial charge in [-0.3, -0.25) is 0 Å². The molecule has 0 atom stereocenters. The van der Waals surface area contributed by atoms with Gasteiger partial charge < -0.3 is 4.79 Å². The zero-order chi connectivity index (χ0) is 12.7. The van der Waals surface area contributed by atoms with E-state index in [1.165, 1.54) is 12.1 Å². The maximum absolute atomic E-state index is 12.8. The highest BCUT2D eigenvalue weighted by atomic mass is 19.4. The Morgan fingerprint density at radius 1 is 1.18 bits per heavy atom. The Balaban J connectivity index is 2.27. The van der Waals surface area contributed by atoms with Crippen molar-refractivity contribution >= 4 is 6.29 Å². The van der Waals surface area contributed by atoms with E-state index in [0.29, 0.717) is 11.8 Å². The number of aldehydes is 1. The molecule has 0 aliphatic heterocycles. The maximum atomic E-state index is 12.8. The molecule has 0 saturated heterocycles. The SMILES string of the molecule is O=CC1(c2ccc(C(F)(F)F)cc2)CC(F)C1. The van der Waals surface area contributed by atoms with Crippen LogP contribution in [0.2, 0.25) is 0 Å². The lowest BCUT2D eigenvalue weighted by Crippen LogP contribution is -2.43. The summed E-state index contributed by atoms with van der Waals surface area (Å²) < 4.78 is 49.8. The summed E-state index contributed by atoms with van der Waals surface area (Å²) in [6, 6.07) is 4.35. The number of halogens is 4. The average molecular weight is 246 g/mol. The van der Waals surface area contributed by atoms with Crippen LogP contribution in [0.3, 0.4) is 0 Å². The summed E-state index contributed by atoms with van der Waals surface area (Å²) in [4.78, 5) is 10.9. The first-order valence-corrected chi connectivity index (χ1v) is 5.15. The van der Waals surface area contributed by atoms with Crippen LogP contribution in [0, 0.1) is 0 Å². The van der Waals surface area contributed by atoms with Gasteiger partial charge in [-0.05, 0) is 30.5 Å². The van der Waals surface area contributed by atoms with Gasteiger partial charge in [-0.15, -0.1) is 0 Å². The quantitative estimate of drug-likeness (QED) is 0.578. The first kappa shape index (κ1) is 12.1. The topological polar surface area (TPSA) is 17.1 Å². The highest BCUT2D eigenvalue weighted by Gasteiger charge is 2.46. The normalized spacial score (nSPS) is 28.6. The van der Waals surface area contributed by atoms with Crippen LogP contribution in [0.5, 0.6) is 0 Å². The molecule has 0 bridgehead atoms. The Hall–Kier alpha value is -1.39. The van der Waals surface area contributed by atoms with Gasteiger partial charge >= 0.3 is 6.18 Å². The van der Waals surface area contributed by atoms with Gasteiger partial charge in [0, 0.05) is 0 Å². The molecule has 0 aromatic heterocycles. The van der Waals surface area contributed by atoms with E-state index in [1.54, 1.807) is 0 Å². The van der Waals surface area contributed by atoms with Crippen LogP contribution in [0.1, 0.15) is 24.0 Å². The molecular weight excluding hydrogens is 236 g/mol. The number of carbonyl (C=O) groups is 1. The smallest absolute Gasteiger partial charge is 0.302 e. The molecule has 0 heterocycles. The number of carbonyl (C=O) groups excluding carboxylic acids is 1. The van der Waals surface area contributed by atoms with Crippen LogP contribution in [0.25, 0.3) is 0 Å². The van der Waals surface area contributed by atoms with Gasteiger partial charge in [0.25, 0.3) is 0 Å². The molecule has 92 valence electrons. The van der Waals surface area contributed by atoms with Crippen LogP contribution < -0.4 is 0 Å². The molecule has 0 amide bonds. The monoisotopic (exact) mass is 246 g/mol. The molecule has 1 aliphatic carbocycles. The Kier molecular flexibility index (Phi) is 2.72. The van der Waals surface area contributed by atoms with Crippen LogP contribution in [0.4, 0.5) is 17.6 Å². The van der Waals surface area contributed by atoms with E-state index in [0.717, 1.165) is 12.1 Å². The highest BCUT2D eigenvalue weighted by Crippen LogP contribution is 2.44. The minimum absolute atomic E-state index is 0.0574. The fourth-order valence-corrected chi connectivity index (χ4v) is 2.12. The van der Waals surface area contributed by atoms with E-state index in [4.69, 9.17) is 0 Å². The third-order valence-electron chi connectivity index (χ3n) is 3.18. The van der Waals surface area contributed by atoms with Crippen molar-refractivity contribution in [2.24, 2.45) is 0 Å². The van der Waals surface area contributed by atoms with E-state index in [1.807, 2.05) is 0 Å². The first-order valence-electron chi connectivity index (χ1n) is 5.15. The lowest BCUT2D eigenvalue weighted by Gasteiger charge is -2.40. The van der Waals surface area contributed by atoms with Crippen LogP contribution in [0.15, 0.2) is 24.3 Å². The zero-order valence-electron chi connectivity index (χ0n) is 8.80. The largest absolute Gasteiger partial charge is 0.416 e. The number of benzene rings is 1. The second-order valence-corrected chi connectivity index (χ2v) is 4.35. The van der Waals surface area contributed by atoms with E-state index < -0.39 is 23.3 Å². The van der Waals surface area contributed by atoms with Gasteiger partial charge in [-0.2, -0.15) is 13.2 Å². The molecule has 17 heavy (non-hydrogen) atoms. The third-order valence-corrected chi connectivity index (χ3v) is 3.18. The molecule has 1 nitrogen and oxygen atoms in total. The second kappa shape index (κ2) is 3.82. The van der Waals surface area contributed by atoms with E-state index in [-0.39, 0.29) is 12.8 Å². The van der Waals surface area contributed by atoms with Crippen molar-refractivity contribution < 1.29 is 22.4 Å². The minimum atomic E-state index is -4.39. The van der Waals surface area contributed by atoms with Gasteiger partial charge in [0.15, 0.2) is 0 Å². The summed E-state index contributed by atoms with van der Waals surface area (Å²) in [6.07, 6.45) is -4.69. The van der Waals surface area contributed by atoms with Gasteiger partial charge in [0.2, 0.25) is 0 Å². The van der Waals surface area contributed by atoms with E-state index in [9.17, 15) is 22.4 Å². The van der Waals surface area contributed by atoms with Gasteiger partial charge in [-0.1, -0.05) is 12.1 Å². The standard InChI is InChI=1S/C12H10F4O/c13-10-5-11(6-10,7-17)8-1-3-9(4-2-8)12(14,15)16/h1-4,7,10H,5-6H2. The summed E-state index contributed by atoms with van der Waals surface area (Å²) >= 11 is 0. The molecule has 5 heteroatoms. The fraction of sp³-hybridized carbons (Fsp3) is 0.417. The Morgan fingerprint density at radius 2 is 1.71 bits per heavy atom. The van der Waals surface area contributed by atoms with Crippen molar-refractivity contribution in [3.63, 3.8) is 0 Å². The lowest BCUT2D eigenvalue weighted by atomic mass is 9.64. The second-order valence-electron chi connectivity index (χ2n) is 4.35. The zero-order valence-corrected chi connectivity index (χ0v) is 8.80. The first-order chi connectivity index (χ1) is 7.87.